The summed E-state index contributed by atoms with van der Waals surface area (Å²) in [6, 6.07) is 6.61. The Hall–Kier alpha value is -0.880. The highest BCUT2D eigenvalue weighted by atomic mass is 79.9. The minimum absolute atomic E-state index is 0.243. The number of hydrogen-bond acceptors (Lipinski definition) is 3. The molecule has 2 aliphatic rings. The van der Waals surface area contributed by atoms with Gasteiger partial charge in [-0.3, -0.25) is 0 Å². The van der Waals surface area contributed by atoms with E-state index in [9.17, 15) is 8.42 Å². The largest absolute Gasteiger partial charge is 0.276 e. The quantitative estimate of drug-likeness (QED) is 0.763. The van der Waals surface area contributed by atoms with E-state index in [1.807, 2.05) is 0 Å². The summed E-state index contributed by atoms with van der Waals surface area (Å²) in [5.74, 6) is 0.428. The zero-order valence-corrected chi connectivity index (χ0v) is 15.8. The zero-order chi connectivity index (χ0) is 16.5. The van der Waals surface area contributed by atoms with Crippen LogP contribution in [0.1, 0.15) is 51.9 Å². The Kier molecular flexibility index (Phi) is 4.83. The van der Waals surface area contributed by atoms with Gasteiger partial charge in [-0.15, -0.1) is 0 Å². The maximum atomic E-state index is 12.4. The van der Waals surface area contributed by atoms with E-state index in [4.69, 9.17) is 0 Å². The van der Waals surface area contributed by atoms with Crippen molar-refractivity contribution in [1.29, 1.82) is 0 Å². The summed E-state index contributed by atoms with van der Waals surface area (Å²) in [7, 11) is -3.60. The first-order chi connectivity index (χ1) is 10.9. The standard InChI is InChI=1S/C17H23BrN2O2S/c1-17-11-3-2-6-16(15(17)5-4-12-17)19-20-23(21,22)14-9-7-13(18)8-10-14/h7-10,15,20H,2-6,11-12H2,1H3/b19-16-. The maximum Gasteiger partial charge on any atom is 0.276 e. The fraction of sp³-hybridized carbons (Fsp3) is 0.588. The second-order valence-corrected chi connectivity index (χ2v) is 9.53. The van der Waals surface area contributed by atoms with Crippen molar-refractivity contribution >= 4 is 31.7 Å². The van der Waals surface area contributed by atoms with Crippen LogP contribution in [0.15, 0.2) is 38.7 Å². The highest BCUT2D eigenvalue weighted by molar-refractivity contribution is 9.10. The Balaban J connectivity index is 1.81. The van der Waals surface area contributed by atoms with E-state index in [0.717, 1.165) is 29.4 Å². The lowest BCUT2D eigenvalue weighted by molar-refractivity contribution is 0.263. The summed E-state index contributed by atoms with van der Waals surface area (Å²) in [6.07, 6.45) is 8.04. The van der Waals surface area contributed by atoms with Crippen LogP contribution < -0.4 is 4.83 Å². The van der Waals surface area contributed by atoms with Crippen molar-refractivity contribution in [3.05, 3.63) is 28.7 Å². The maximum absolute atomic E-state index is 12.4. The molecule has 23 heavy (non-hydrogen) atoms. The molecule has 1 aromatic carbocycles. The summed E-state index contributed by atoms with van der Waals surface area (Å²) < 4.78 is 25.7. The number of hydrogen-bond donors (Lipinski definition) is 1. The van der Waals surface area contributed by atoms with Crippen LogP contribution in [0.2, 0.25) is 0 Å². The number of hydrazone groups is 1. The molecule has 0 spiro atoms. The van der Waals surface area contributed by atoms with Crippen LogP contribution in [0.3, 0.4) is 0 Å². The molecule has 1 N–H and O–H groups in total. The van der Waals surface area contributed by atoms with Gasteiger partial charge in [-0.25, -0.2) is 4.83 Å². The molecule has 1 aromatic rings. The lowest BCUT2D eigenvalue weighted by atomic mass is 9.75. The molecule has 4 nitrogen and oxygen atoms in total. The molecular formula is C17H23BrN2O2S. The Morgan fingerprint density at radius 3 is 2.61 bits per heavy atom. The molecule has 0 radical (unpaired) electrons. The van der Waals surface area contributed by atoms with Crippen molar-refractivity contribution in [2.24, 2.45) is 16.4 Å². The fourth-order valence-corrected chi connectivity index (χ4v) is 5.13. The molecule has 2 atom stereocenters. The minimum atomic E-state index is -3.60. The number of nitrogens with one attached hydrogen (secondary N) is 1. The monoisotopic (exact) mass is 398 g/mol. The second-order valence-electron chi connectivity index (χ2n) is 6.96. The third-order valence-corrected chi connectivity index (χ3v) is 7.10. The van der Waals surface area contributed by atoms with Gasteiger partial charge in [0.15, 0.2) is 0 Å². The van der Waals surface area contributed by atoms with Crippen LogP contribution in [0.25, 0.3) is 0 Å². The van der Waals surface area contributed by atoms with Crippen LogP contribution in [0.4, 0.5) is 0 Å². The normalized spacial score (nSPS) is 30.0. The molecule has 2 unspecified atom stereocenters. The van der Waals surface area contributed by atoms with Gasteiger partial charge in [-0.2, -0.15) is 13.5 Å². The highest BCUT2D eigenvalue weighted by Gasteiger charge is 2.42. The Labute approximate surface area is 146 Å². The van der Waals surface area contributed by atoms with Crippen molar-refractivity contribution in [2.45, 2.75) is 56.8 Å². The van der Waals surface area contributed by atoms with Crippen molar-refractivity contribution in [3.8, 4) is 0 Å². The SMILES string of the molecule is CC12CCCC/C(=N/NS(=O)(=O)c3ccc(Br)cc3)C1CCC2. The number of benzene rings is 1. The van der Waals surface area contributed by atoms with E-state index in [0.29, 0.717) is 11.3 Å². The third-order valence-electron chi connectivity index (χ3n) is 5.35. The molecule has 0 aliphatic heterocycles. The molecule has 2 fully saturated rings. The average molecular weight is 399 g/mol. The molecule has 0 amide bonds. The van der Waals surface area contributed by atoms with E-state index in [1.165, 1.54) is 25.7 Å². The van der Waals surface area contributed by atoms with Crippen LogP contribution in [-0.4, -0.2) is 14.1 Å². The minimum Gasteiger partial charge on any atom is -0.200 e. The van der Waals surface area contributed by atoms with E-state index >= 15 is 0 Å². The molecule has 126 valence electrons. The number of fused-ring (bicyclic) bond motifs is 1. The predicted molar refractivity (Wildman–Crippen MR) is 95.8 cm³/mol. The first kappa shape index (κ1) is 17.0. The van der Waals surface area contributed by atoms with Gasteiger partial charge in [0.2, 0.25) is 0 Å². The van der Waals surface area contributed by atoms with Gasteiger partial charge in [-0.1, -0.05) is 35.7 Å². The van der Waals surface area contributed by atoms with E-state index in [1.54, 1.807) is 24.3 Å². The smallest absolute Gasteiger partial charge is 0.200 e. The molecule has 2 saturated carbocycles. The molecule has 0 saturated heterocycles. The van der Waals surface area contributed by atoms with Crippen LogP contribution in [0, 0.1) is 11.3 Å². The van der Waals surface area contributed by atoms with Gasteiger partial charge < -0.3 is 0 Å². The van der Waals surface area contributed by atoms with Crippen molar-refractivity contribution < 1.29 is 8.42 Å². The third kappa shape index (κ3) is 3.63. The molecule has 2 aliphatic carbocycles. The van der Waals surface area contributed by atoms with Gasteiger partial charge in [0.05, 0.1) is 4.90 Å². The van der Waals surface area contributed by atoms with Gasteiger partial charge in [0, 0.05) is 16.1 Å². The second kappa shape index (κ2) is 6.55. The molecule has 0 aromatic heterocycles. The van der Waals surface area contributed by atoms with Gasteiger partial charge in [0.1, 0.15) is 0 Å². The van der Waals surface area contributed by atoms with Crippen molar-refractivity contribution in [2.75, 3.05) is 0 Å². The average Bonchev–Trinajstić information content (AvgIpc) is 2.82. The topological polar surface area (TPSA) is 58.5 Å². The molecule has 0 heterocycles. The summed E-state index contributed by atoms with van der Waals surface area (Å²) in [4.78, 5) is 2.71. The lowest BCUT2D eigenvalue weighted by Crippen LogP contribution is -2.29. The summed E-state index contributed by atoms with van der Waals surface area (Å²) in [6.45, 7) is 2.34. The van der Waals surface area contributed by atoms with Gasteiger partial charge in [0.25, 0.3) is 10.0 Å². The molecular weight excluding hydrogens is 376 g/mol. The molecule has 3 rings (SSSR count). The van der Waals surface area contributed by atoms with Crippen LogP contribution in [-0.2, 0) is 10.0 Å². The zero-order valence-electron chi connectivity index (χ0n) is 13.4. The molecule has 6 heteroatoms. The summed E-state index contributed by atoms with van der Waals surface area (Å²) >= 11 is 3.32. The number of sulfonamides is 1. The van der Waals surface area contributed by atoms with E-state index in [2.05, 4.69) is 32.8 Å². The Morgan fingerprint density at radius 1 is 1.17 bits per heavy atom. The van der Waals surface area contributed by atoms with E-state index in [-0.39, 0.29) is 4.90 Å². The van der Waals surface area contributed by atoms with Crippen molar-refractivity contribution in [3.63, 3.8) is 0 Å². The molecule has 0 bridgehead atoms. The first-order valence-corrected chi connectivity index (χ1v) is 10.5. The van der Waals surface area contributed by atoms with Gasteiger partial charge in [-0.05, 0) is 61.8 Å². The Bertz CT molecular complexity index is 700. The number of halogens is 1. The Morgan fingerprint density at radius 2 is 1.87 bits per heavy atom. The van der Waals surface area contributed by atoms with Crippen LogP contribution in [0.5, 0.6) is 0 Å². The van der Waals surface area contributed by atoms with Gasteiger partial charge >= 0.3 is 0 Å². The first-order valence-electron chi connectivity index (χ1n) is 8.25. The lowest BCUT2D eigenvalue weighted by Gasteiger charge is -2.30. The van der Waals surface area contributed by atoms with E-state index < -0.39 is 10.0 Å². The number of rotatable bonds is 3. The predicted octanol–water partition coefficient (Wildman–Crippen LogP) is 4.46. The highest BCUT2D eigenvalue weighted by Crippen LogP contribution is 2.49. The van der Waals surface area contributed by atoms with Crippen molar-refractivity contribution in [1.82, 2.24) is 4.83 Å². The fourth-order valence-electron chi connectivity index (χ4n) is 4.03. The summed E-state index contributed by atoms with van der Waals surface area (Å²) in [5.41, 5.74) is 1.35. The summed E-state index contributed by atoms with van der Waals surface area (Å²) in [5, 5.41) is 4.37. The van der Waals surface area contributed by atoms with Crippen LogP contribution >= 0.6 is 15.9 Å². The number of nitrogens with zero attached hydrogens (tertiary/aromatic N) is 1.